The molecular weight excluding hydrogens is 439 g/mol. The van der Waals surface area contributed by atoms with Gasteiger partial charge in [0.15, 0.2) is 0 Å². The van der Waals surface area contributed by atoms with Crippen molar-refractivity contribution in [1.82, 2.24) is 29.7 Å². The summed E-state index contributed by atoms with van der Waals surface area (Å²) in [5.74, 6) is -0.547. The number of hydrogen-bond acceptors (Lipinski definition) is 7. The van der Waals surface area contributed by atoms with Crippen LogP contribution in [0.2, 0.25) is 0 Å². The average Bonchev–Trinajstić information content (AvgIpc) is 3.41. The van der Waals surface area contributed by atoms with Crippen LogP contribution in [-0.2, 0) is 7.05 Å². The maximum absolute atomic E-state index is 14.2. The fraction of sp³-hybridized carbons (Fsp3) is 0.261. The Kier molecular flexibility index (Phi) is 6.00. The number of halogens is 1. The second-order valence-corrected chi connectivity index (χ2v) is 8.39. The van der Waals surface area contributed by atoms with E-state index in [0.29, 0.717) is 28.3 Å². The Balaban J connectivity index is 1.70. The van der Waals surface area contributed by atoms with Crippen molar-refractivity contribution >= 4 is 22.8 Å². The summed E-state index contributed by atoms with van der Waals surface area (Å²) in [6, 6.07) is 9.09. The summed E-state index contributed by atoms with van der Waals surface area (Å²) in [7, 11) is 1.77. The van der Waals surface area contributed by atoms with E-state index in [1.807, 2.05) is 12.1 Å². The lowest BCUT2D eigenvalue weighted by Gasteiger charge is -2.22. The quantitative estimate of drug-likeness (QED) is 0.384. The molecule has 174 valence electrons. The van der Waals surface area contributed by atoms with Crippen LogP contribution < -0.4 is 10.6 Å². The number of nitrogens with one attached hydrogen (secondary N) is 2. The molecule has 0 spiro atoms. The highest BCUT2D eigenvalue weighted by Crippen LogP contribution is 2.27. The Labute approximate surface area is 194 Å². The average molecular weight is 462 g/mol. The summed E-state index contributed by atoms with van der Waals surface area (Å²) in [5.41, 5.74) is 2.03. The van der Waals surface area contributed by atoms with Crippen LogP contribution in [-0.4, -0.2) is 53.7 Å². The van der Waals surface area contributed by atoms with Gasteiger partial charge in [0.25, 0.3) is 5.91 Å². The van der Waals surface area contributed by atoms with E-state index < -0.39 is 17.7 Å². The van der Waals surface area contributed by atoms with Crippen LogP contribution in [0.15, 0.2) is 49.1 Å². The van der Waals surface area contributed by atoms with Crippen LogP contribution in [0.5, 0.6) is 0 Å². The molecule has 0 aliphatic rings. The normalized spacial score (nSPS) is 12.4. The number of rotatable bonds is 7. The maximum Gasteiger partial charge on any atom is 0.255 e. The molecule has 4 aromatic rings. The Morgan fingerprint density at radius 1 is 1.26 bits per heavy atom. The minimum absolute atomic E-state index is 0.191. The molecule has 0 aliphatic heterocycles. The number of aliphatic hydroxyl groups is 1. The van der Waals surface area contributed by atoms with Crippen molar-refractivity contribution < 1.29 is 14.3 Å². The van der Waals surface area contributed by atoms with E-state index in [1.54, 1.807) is 40.8 Å². The van der Waals surface area contributed by atoms with Crippen LogP contribution in [0.25, 0.3) is 16.9 Å². The minimum Gasteiger partial charge on any atom is -0.387 e. The Morgan fingerprint density at radius 2 is 2.06 bits per heavy atom. The first-order chi connectivity index (χ1) is 16.2. The van der Waals surface area contributed by atoms with Gasteiger partial charge in [0.05, 0.1) is 63.9 Å². The van der Waals surface area contributed by atoms with Crippen LogP contribution in [0, 0.1) is 11.3 Å². The number of alkyl halides is 1. The van der Waals surface area contributed by atoms with E-state index in [1.165, 1.54) is 26.2 Å². The first kappa shape index (κ1) is 22.9. The molecule has 4 rings (SSSR count). The molecule has 10 nitrogen and oxygen atoms in total. The molecule has 1 unspecified atom stereocenters. The summed E-state index contributed by atoms with van der Waals surface area (Å²) >= 11 is 0. The summed E-state index contributed by atoms with van der Waals surface area (Å²) in [6.45, 7) is 2.32. The summed E-state index contributed by atoms with van der Waals surface area (Å²) in [6.07, 6.45) is 4.55. The molecule has 0 saturated heterocycles. The molecule has 11 heteroatoms. The molecule has 1 atom stereocenters. The molecular formula is C23H23FN8O2. The van der Waals surface area contributed by atoms with Gasteiger partial charge in [0.2, 0.25) is 0 Å². The number of aromatic nitrogens is 5. The second-order valence-electron chi connectivity index (χ2n) is 8.39. The lowest BCUT2D eigenvalue weighted by Crippen LogP contribution is -2.42. The second kappa shape index (κ2) is 8.92. The first-order valence-corrected chi connectivity index (χ1v) is 10.4. The van der Waals surface area contributed by atoms with Crippen molar-refractivity contribution in [2.75, 3.05) is 11.9 Å². The van der Waals surface area contributed by atoms with Gasteiger partial charge in [-0.2, -0.15) is 15.5 Å². The van der Waals surface area contributed by atoms with Crippen molar-refractivity contribution in [1.29, 1.82) is 5.26 Å². The van der Waals surface area contributed by atoms with Gasteiger partial charge in [-0.15, -0.1) is 0 Å². The maximum atomic E-state index is 14.2. The highest BCUT2D eigenvalue weighted by molar-refractivity contribution is 6.00. The van der Waals surface area contributed by atoms with Crippen molar-refractivity contribution in [3.05, 3.63) is 60.2 Å². The minimum atomic E-state index is -1.64. The highest BCUT2D eigenvalue weighted by Gasteiger charge is 2.27. The van der Waals surface area contributed by atoms with Gasteiger partial charge in [0.1, 0.15) is 12.2 Å². The zero-order chi connectivity index (χ0) is 24.5. The number of carbonyl (C=O) groups excluding carboxylic acids is 1. The van der Waals surface area contributed by atoms with Crippen molar-refractivity contribution in [3.63, 3.8) is 0 Å². The SMILES string of the molecule is Cn1cc(Nc2cc(-c3ccc4cc(C#N)cnn34)ncc2C(=O)NCC(F)C(C)(C)O)cn1. The number of hydrogen-bond donors (Lipinski definition) is 3. The predicted molar refractivity (Wildman–Crippen MR) is 123 cm³/mol. The largest absolute Gasteiger partial charge is 0.387 e. The van der Waals surface area contributed by atoms with Gasteiger partial charge in [-0.05, 0) is 38.1 Å². The molecule has 1 amide bonds. The smallest absolute Gasteiger partial charge is 0.255 e. The number of aryl methyl sites for hydroxylation is 1. The monoisotopic (exact) mass is 462 g/mol. The van der Waals surface area contributed by atoms with Gasteiger partial charge in [-0.25, -0.2) is 8.91 Å². The zero-order valence-corrected chi connectivity index (χ0v) is 18.8. The number of amides is 1. The Bertz CT molecular complexity index is 1400. The molecule has 0 aromatic carbocycles. The molecule has 0 fully saturated rings. The fourth-order valence-corrected chi connectivity index (χ4v) is 3.30. The third-order valence-electron chi connectivity index (χ3n) is 5.23. The standard InChI is InChI=1S/C23H23FN8O2/c1-23(2,34)21(24)12-27-22(33)17-11-26-19(7-18(17)30-15-10-28-31(3)13-15)20-5-4-16-6-14(8-25)9-29-32(16)20/h4-7,9-11,13,21,34H,12H2,1-3H3,(H,26,30)(H,27,33). The fourth-order valence-electron chi connectivity index (χ4n) is 3.30. The van der Waals surface area contributed by atoms with Gasteiger partial charge in [-0.1, -0.05) is 0 Å². The molecule has 4 heterocycles. The molecule has 0 radical (unpaired) electrons. The molecule has 0 aliphatic carbocycles. The van der Waals surface area contributed by atoms with Gasteiger partial charge in [-0.3, -0.25) is 14.5 Å². The topological polar surface area (TPSA) is 133 Å². The zero-order valence-electron chi connectivity index (χ0n) is 18.8. The number of nitrogens with zero attached hydrogens (tertiary/aromatic N) is 6. The summed E-state index contributed by atoms with van der Waals surface area (Å²) < 4.78 is 17.4. The van der Waals surface area contributed by atoms with E-state index >= 15 is 0 Å². The number of anilines is 2. The number of fused-ring (bicyclic) bond motifs is 1. The van der Waals surface area contributed by atoms with Crippen molar-refractivity contribution in [3.8, 4) is 17.5 Å². The van der Waals surface area contributed by atoms with E-state index in [9.17, 15) is 14.3 Å². The van der Waals surface area contributed by atoms with Gasteiger partial charge < -0.3 is 15.7 Å². The summed E-state index contributed by atoms with van der Waals surface area (Å²) in [4.78, 5) is 17.3. The third-order valence-corrected chi connectivity index (χ3v) is 5.23. The Morgan fingerprint density at radius 3 is 2.74 bits per heavy atom. The number of nitriles is 1. The molecule has 4 aromatic heterocycles. The highest BCUT2D eigenvalue weighted by atomic mass is 19.1. The van der Waals surface area contributed by atoms with E-state index in [4.69, 9.17) is 5.26 Å². The number of carbonyl (C=O) groups is 1. The lowest BCUT2D eigenvalue weighted by atomic mass is 10.0. The molecule has 3 N–H and O–H groups in total. The first-order valence-electron chi connectivity index (χ1n) is 10.4. The van der Waals surface area contributed by atoms with E-state index in [0.717, 1.165) is 5.52 Å². The molecule has 34 heavy (non-hydrogen) atoms. The molecule has 0 saturated carbocycles. The van der Waals surface area contributed by atoms with Crippen molar-refractivity contribution in [2.45, 2.75) is 25.6 Å². The van der Waals surface area contributed by atoms with Crippen LogP contribution in [0.3, 0.4) is 0 Å². The van der Waals surface area contributed by atoms with E-state index in [2.05, 4.69) is 31.9 Å². The number of pyridine rings is 1. The van der Waals surface area contributed by atoms with E-state index in [-0.39, 0.29) is 12.1 Å². The molecule has 0 bridgehead atoms. The van der Waals surface area contributed by atoms with Gasteiger partial charge >= 0.3 is 0 Å². The third kappa shape index (κ3) is 4.72. The summed E-state index contributed by atoms with van der Waals surface area (Å²) in [5, 5.41) is 33.0. The van der Waals surface area contributed by atoms with Gasteiger partial charge in [0, 0.05) is 19.4 Å². The van der Waals surface area contributed by atoms with Crippen LogP contribution >= 0.6 is 0 Å². The van der Waals surface area contributed by atoms with Crippen LogP contribution in [0.4, 0.5) is 15.8 Å². The lowest BCUT2D eigenvalue weighted by molar-refractivity contribution is -0.00177. The predicted octanol–water partition coefficient (Wildman–Crippen LogP) is 2.58. The van der Waals surface area contributed by atoms with Crippen LogP contribution in [0.1, 0.15) is 29.8 Å². The van der Waals surface area contributed by atoms with Crippen molar-refractivity contribution in [2.24, 2.45) is 7.05 Å². The Hall–Kier alpha value is -4.30.